The number of fused-ring (bicyclic) bond motifs is 1. The number of oxazole rings is 1. The van der Waals surface area contributed by atoms with Gasteiger partial charge in [0.15, 0.2) is 12.2 Å². The van der Waals surface area contributed by atoms with Gasteiger partial charge in [-0.2, -0.15) is 0 Å². The smallest absolute Gasteiger partial charge is 0.266 e. The lowest BCUT2D eigenvalue weighted by atomic mass is 10.1. The van der Waals surface area contributed by atoms with E-state index in [-0.39, 0.29) is 11.8 Å². The summed E-state index contributed by atoms with van der Waals surface area (Å²) in [5.74, 6) is -0.235. The van der Waals surface area contributed by atoms with Gasteiger partial charge in [0.2, 0.25) is 0 Å². The van der Waals surface area contributed by atoms with Crippen LogP contribution in [-0.2, 0) is 0 Å². The van der Waals surface area contributed by atoms with Crippen LogP contribution >= 0.6 is 11.6 Å². The third-order valence-corrected chi connectivity index (χ3v) is 4.03. The lowest BCUT2D eigenvalue weighted by Crippen LogP contribution is -2.29. The zero-order chi connectivity index (χ0) is 16.0. The summed E-state index contributed by atoms with van der Waals surface area (Å²) in [4.78, 5) is 30.0. The Morgan fingerprint density at radius 1 is 0.957 bits per heavy atom. The summed E-state index contributed by atoms with van der Waals surface area (Å²) >= 11 is 6.18. The van der Waals surface area contributed by atoms with E-state index in [2.05, 4.69) is 4.98 Å². The molecule has 2 heterocycles. The van der Waals surface area contributed by atoms with Gasteiger partial charge < -0.3 is 4.42 Å². The van der Waals surface area contributed by atoms with E-state index in [1.165, 1.54) is 12.6 Å². The number of carbonyl (C=O) groups is 2. The Kier molecular flexibility index (Phi) is 3.02. The van der Waals surface area contributed by atoms with Gasteiger partial charge in [-0.15, -0.1) is 0 Å². The molecule has 3 aromatic rings. The quantitative estimate of drug-likeness (QED) is 0.673. The molecule has 0 aliphatic carbocycles. The minimum absolute atomic E-state index is 0.351. The molecule has 0 fully saturated rings. The van der Waals surface area contributed by atoms with Crippen molar-refractivity contribution in [1.29, 1.82) is 0 Å². The van der Waals surface area contributed by atoms with Crippen molar-refractivity contribution in [1.82, 2.24) is 4.98 Å². The minimum Gasteiger partial charge on any atom is -0.443 e. The number of hydrogen-bond acceptors (Lipinski definition) is 4. The first-order valence-corrected chi connectivity index (χ1v) is 7.21. The fourth-order valence-corrected chi connectivity index (χ4v) is 2.82. The van der Waals surface area contributed by atoms with Crippen molar-refractivity contribution >= 4 is 29.1 Å². The van der Waals surface area contributed by atoms with E-state index in [4.69, 9.17) is 16.0 Å². The van der Waals surface area contributed by atoms with Crippen LogP contribution < -0.4 is 4.90 Å². The molecule has 112 valence electrons. The lowest BCUT2D eigenvalue weighted by molar-refractivity contribution is 0.0926. The van der Waals surface area contributed by atoms with Crippen molar-refractivity contribution in [2.45, 2.75) is 0 Å². The molecule has 1 aliphatic rings. The second-order valence-corrected chi connectivity index (χ2v) is 5.43. The number of aromatic nitrogens is 1. The van der Waals surface area contributed by atoms with Crippen molar-refractivity contribution in [3.8, 4) is 11.3 Å². The molecular formula is C17H9ClN2O3. The zero-order valence-electron chi connectivity index (χ0n) is 11.7. The van der Waals surface area contributed by atoms with Gasteiger partial charge in [-0.05, 0) is 30.3 Å². The van der Waals surface area contributed by atoms with Crippen LogP contribution in [0.5, 0.6) is 0 Å². The summed E-state index contributed by atoms with van der Waals surface area (Å²) in [6.45, 7) is 0. The van der Waals surface area contributed by atoms with Crippen LogP contribution in [0.4, 0.5) is 5.69 Å². The average molecular weight is 325 g/mol. The predicted molar refractivity (Wildman–Crippen MR) is 84.5 cm³/mol. The van der Waals surface area contributed by atoms with Crippen LogP contribution in [0.25, 0.3) is 11.3 Å². The monoisotopic (exact) mass is 324 g/mol. The van der Waals surface area contributed by atoms with E-state index in [1.54, 1.807) is 42.5 Å². The van der Waals surface area contributed by atoms with E-state index in [0.717, 1.165) is 4.90 Å². The predicted octanol–water partition coefficient (Wildman–Crippen LogP) is 3.80. The molecule has 0 spiro atoms. The molecule has 5 nitrogen and oxygen atoms in total. The van der Waals surface area contributed by atoms with E-state index in [1.807, 2.05) is 0 Å². The van der Waals surface area contributed by atoms with Crippen LogP contribution in [0, 0.1) is 0 Å². The fraction of sp³-hybridized carbons (Fsp3) is 0. The Balaban J connectivity index is 1.83. The topological polar surface area (TPSA) is 63.4 Å². The lowest BCUT2D eigenvalue weighted by Gasteiger charge is -2.15. The van der Waals surface area contributed by atoms with Gasteiger partial charge in [-0.25, -0.2) is 9.88 Å². The Hall–Kier alpha value is -2.92. The number of hydrogen-bond donors (Lipinski definition) is 0. The Morgan fingerprint density at radius 2 is 1.65 bits per heavy atom. The van der Waals surface area contributed by atoms with Crippen molar-refractivity contribution in [3.05, 3.63) is 71.2 Å². The van der Waals surface area contributed by atoms with Gasteiger partial charge in [-0.3, -0.25) is 9.59 Å². The minimum atomic E-state index is -0.351. The molecule has 0 unspecified atom stereocenters. The normalized spacial score (nSPS) is 13.5. The first-order chi connectivity index (χ1) is 11.2. The molecule has 23 heavy (non-hydrogen) atoms. The molecule has 6 heteroatoms. The highest BCUT2D eigenvalue weighted by molar-refractivity contribution is 6.35. The number of amides is 2. The summed E-state index contributed by atoms with van der Waals surface area (Å²) in [6.07, 6.45) is 2.81. The number of halogens is 1. The van der Waals surface area contributed by atoms with Gasteiger partial charge >= 0.3 is 0 Å². The maximum absolute atomic E-state index is 12.5. The Bertz CT molecular complexity index is 900. The third kappa shape index (κ3) is 2.05. The van der Waals surface area contributed by atoms with Gasteiger partial charge in [0, 0.05) is 5.56 Å². The second kappa shape index (κ2) is 5.07. The van der Waals surface area contributed by atoms with Crippen LogP contribution in [0.15, 0.2) is 59.5 Å². The third-order valence-electron chi connectivity index (χ3n) is 3.70. The molecular weight excluding hydrogens is 316 g/mol. The summed E-state index contributed by atoms with van der Waals surface area (Å²) in [6, 6.07) is 11.6. The van der Waals surface area contributed by atoms with Gasteiger partial charge in [-0.1, -0.05) is 23.7 Å². The molecule has 0 N–H and O–H groups in total. The van der Waals surface area contributed by atoms with Gasteiger partial charge in [0.25, 0.3) is 11.8 Å². The van der Waals surface area contributed by atoms with Crippen LogP contribution in [0.1, 0.15) is 20.7 Å². The summed E-state index contributed by atoms with van der Waals surface area (Å²) in [7, 11) is 0. The molecule has 2 amide bonds. The number of benzene rings is 2. The molecule has 0 radical (unpaired) electrons. The molecule has 4 rings (SSSR count). The molecule has 0 bridgehead atoms. The average Bonchev–Trinajstić information content (AvgIpc) is 3.17. The van der Waals surface area contributed by atoms with Crippen molar-refractivity contribution in [3.63, 3.8) is 0 Å². The molecule has 0 saturated carbocycles. The highest BCUT2D eigenvalue weighted by Crippen LogP contribution is 2.34. The molecule has 0 saturated heterocycles. The van der Waals surface area contributed by atoms with Gasteiger partial charge in [0.1, 0.15) is 0 Å². The first kappa shape index (κ1) is 13.7. The van der Waals surface area contributed by atoms with E-state index >= 15 is 0 Å². The number of nitrogens with zero attached hydrogens (tertiary/aromatic N) is 2. The standard InChI is InChI=1S/C17H9ClN2O3/c18-14-6-5-10(7-13(14)15-8-19-9-23-15)20-16(21)11-3-1-2-4-12(11)17(20)22/h1-9H. The molecule has 1 aliphatic heterocycles. The second-order valence-electron chi connectivity index (χ2n) is 5.02. The summed E-state index contributed by atoms with van der Waals surface area (Å²) < 4.78 is 5.25. The summed E-state index contributed by atoms with van der Waals surface area (Å²) in [5, 5.41) is 0.446. The maximum atomic E-state index is 12.5. The molecule has 1 aromatic heterocycles. The van der Waals surface area contributed by atoms with E-state index < -0.39 is 0 Å². The van der Waals surface area contributed by atoms with Crippen LogP contribution in [-0.4, -0.2) is 16.8 Å². The number of rotatable bonds is 2. The van der Waals surface area contributed by atoms with E-state index in [0.29, 0.717) is 33.2 Å². The number of carbonyl (C=O) groups excluding carboxylic acids is 2. The number of imide groups is 1. The van der Waals surface area contributed by atoms with Gasteiger partial charge in [0.05, 0.1) is 28.0 Å². The first-order valence-electron chi connectivity index (χ1n) is 6.83. The highest BCUT2D eigenvalue weighted by Gasteiger charge is 2.36. The van der Waals surface area contributed by atoms with Crippen LogP contribution in [0.3, 0.4) is 0 Å². The number of anilines is 1. The fourth-order valence-electron chi connectivity index (χ4n) is 2.61. The summed E-state index contributed by atoms with van der Waals surface area (Å²) in [5.41, 5.74) is 1.80. The maximum Gasteiger partial charge on any atom is 0.266 e. The van der Waals surface area contributed by atoms with Crippen molar-refractivity contribution in [2.24, 2.45) is 0 Å². The van der Waals surface area contributed by atoms with Crippen LogP contribution in [0.2, 0.25) is 5.02 Å². The SMILES string of the molecule is O=C1c2ccccc2C(=O)N1c1ccc(Cl)c(-c2cnco2)c1. The Labute approximate surface area is 136 Å². The zero-order valence-corrected chi connectivity index (χ0v) is 12.4. The Morgan fingerprint density at radius 3 is 2.26 bits per heavy atom. The molecule has 2 aromatic carbocycles. The van der Waals surface area contributed by atoms with Crippen molar-refractivity contribution in [2.75, 3.05) is 4.90 Å². The van der Waals surface area contributed by atoms with Crippen molar-refractivity contribution < 1.29 is 14.0 Å². The van der Waals surface area contributed by atoms with E-state index in [9.17, 15) is 9.59 Å². The molecule has 0 atom stereocenters. The largest absolute Gasteiger partial charge is 0.443 e. The highest BCUT2D eigenvalue weighted by atomic mass is 35.5.